The van der Waals surface area contributed by atoms with E-state index in [0.717, 1.165) is 33.2 Å². The predicted octanol–water partition coefficient (Wildman–Crippen LogP) is 3.18. The molecule has 6 heteroatoms. The van der Waals surface area contributed by atoms with Crippen molar-refractivity contribution in [3.63, 3.8) is 0 Å². The van der Waals surface area contributed by atoms with Crippen LogP contribution in [0.3, 0.4) is 0 Å². The Bertz CT molecular complexity index is 611. The molecule has 2 heterocycles. The maximum absolute atomic E-state index is 5.93. The minimum absolute atomic E-state index is 0.737. The van der Waals surface area contributed by atoms with Gasteiger partial charge >= 0.3 is 0 Å². The first-order valence-electron chi connectivity index (χ1n) is 7.10. The van der Waals surface area contributed by atoms with Crippen LogP contribution in [0.4, 0.5) is 0 Å². The van der Waals surface area contributed by atoms with Gasteiger partial charge in [-0.2, -0.15) is 0 Å². The summed E-state index contributed by atoms with van der Waals surface area (Å²) >= 11 is 7.73. The number of rotatable bonds is 4. The molecule has 1 aromatic carbocycles. The van der Waals surface area contributed by atoms with E-state index < -0.39 is 0 Å². The summed E-state index contributed by atoms with van der Waals surface area (Å²) < 4.78 is 2.06. The minimum atomic E-state index is 0.737. The zero-order chi connectivity index (χ0) is 14.8. The van der Waals surface area contributed by atoms with Crippen LogP contribution in [0.15, 0.2) is 29.4 Å². The second-order valence-electron chi connectivity index (χ2n) is 5.60. The summed E-state index contributed by atoms with van der Waals surface area (Å²) in [5, 5.41) is 10.4. The number of likely N-dealkylation sites (tertiary alicyclic amines) is 1. The molecule has 1 fully saturated rings. The van der Waals surface area contributed by atoms with Gasteiger partial charge in [-0.25, -0.2) is 0 Å². The molecule has 112 valence electrons. The van der Waals surface area contributed by atoms with E-state index in [-0.39, 0.29) is 0 Å². The Morgan fingerprint density at radius 1 is 1.24 bits per heavy atom. The van der Waals surface area contributed by atoms with Crippen molar-refractivity contribution in [3.8, 4) is 11.4 Å². The number of thioether (sulfide) groups is 1. The van der Waals surface area contributed by atoms with Crippen molar-refractivity contribution < 1.29 is 0 Å². The topological polar surface area (TPSA) is 34.0 Å². The lowest BCUT2D eigenvalue weighted by molar-refractivity contribution is 0.403. The highest BCUT2D eigenvalue weighted by molar-refractivity contribution is 7.99. The predicted molar refractivity (Wildman–Crippen MR) is 87.8 cm³/mol. The van der Waals surface area contributed by atoms with E-state index in [1.54, 1.807) is 11.8 Å². The number of halogens is 1. The van der Waals surface area contributed by atoms with Gasteiger partial charge in [0.1, 0.15) is 0 Å². The SMILES string of the molecule is CN1CC[C@@H](CSc2nnc(-c3ccc(Cl)cc3)n2C)C1. The van der Waals surface area contributed by atoms with Crippen molar-refractivity contribution in [2.45, 2.75) is 11.6 Å². The van der Waals surface area contributed by atoms with Gasteiger partial charge in [-0.15, -0.1) is 10.2 Å². The molecule has 4 nitrogen and oxygen atoms in total. The fraction of sp³-hybridized carbons (Fsp3) is 0.467. The van der Waals surface area contributed by atoms with Crippen molar-refractivity contribution >= 4 is 23.4 Å². The van der Waals surface area contributed by atoms with E-state index in [0.29, 0.717) is 0 Å². The van der Waals surface area contributed by atoms with E-state index in [1.165, 1.54) is 19.5 Å². The summed E-state index contributed by atoms with van der Waals surface area (Å²) in [4.78, 5) is 2.39. The fourth-order valence-electron chi connectivity index (χ4n) is 2.65. The van der Waals surface area contributed by atoms with Crippen molar-refractivity contribution in [1.29, 1.82) is 0 Å². The number of hydrogen-bond donors (Lipinski definition) is 0. The van der Waals surface area contributed by atoms with Gasteiger partial charge in [-0.1, -0.05) is 23.4 Å². The fourth-order valence-corrected chi connectivity index (χ4v) is 3.81. The van der Waals surface area contributed by atoms with Gasteiger partial charge in [0.2, 0.25) is 0 Å². The summed E-state index contributed by atoms with van der Waals surface area (Å²) in [6, 6.07) is 7.72. The average molecular weight is 323 g/mol. The normalized spacial score (nSPS) is 19.3. The largest absolute Gasteiger partial charge is 0.306 e. The van der Waals surface area contributed by atoms with Crippen molar-refractivity contribution in [1.82, 2.24) is 19.7 Å². The Kier molecular flexibility index (Phi) is 4.52. The van der Waals surface area contributed by atoms with Crippen LogP contribution in [0.25, 0.3) is 11.4 Å². The first-order chi connectivity index (χ1) is 10.1. The highest BCUT2D eigenvalue weighted by Gasteiger charge is 2.20. The maximum Gasteiger partial charge on any atom is 0.191 e. The van der Waals surface area contributed by atoms with Gasteiger partial charge in [0.25, 0.3) is 0 Å². The molecule has 0 bridgehead atoms. The summed E-state index contributed by atoms with van der Waals surface area (Å²) in [7, 11) is 4.21. The van der Waals surface area contributed by atoms with Crippen LogP contribution in [-0.2, 0) is 7.05 Å². The van der Waals surface area contributed by atoms with Gasteiger partial charge in [0, 0.05) is 29.9 Å². The lowest BCUT2D eigenvalue weighted by Crippen LogP contribution is -2.15. The zero-order valence-electron chi connectivity index (χ0n) is 12.3. The summed E-state index contributed by atoms with van der Waals surface area (Å²) in [6.45, 7) is 2.40. The molecule has 3 rings (SSSR count). The highest BCUT2D eigenvalue weighted by Crippen LogP contribution is 2.27. The number of benzene rings is 1. The molecule has 1 saturated heterocycles. The molecule has 0 radical (unpaired) electrons. The Morgan fingerprint density at radius 3 is 2.67 bits per heavy atom. The van der Waals surface area contributed by atoms with Gasteiger partial charge in [-0.05, 0) is 50.2 Å². The summed E-state index contributed by atoms with van der Waals surface area (Å²) in [5.74, 6) is 2.75. The monoisotopic (exact) mass is 322 g/mol. The lowest BCUT2D eigenvalue weighted by atomic mass is 10.2. The molecule has 1 aliphatic rings. The van der Waals surface area contributed by atoms with E-state index in [9.17, 15) is 0 Å². The molecule has 0 spiro atoms. The van der Waals surface area contributed by atoms with Gasteiger partial charge in [0.15, 0.2) is 11.0 Å². The molecule has 0 N–H and O–H groups in total. The third kappa shape index (κ3) is 3.42. The average Bonchev–Trinajstić information content (AvgIpc) is 3.04. The molecule has 0 unspecified atom stereocenters. The van der Waals surface area contributed by atoms with E-state index in [4.69, 9.17) is 11.6 Å². The van der Waals surface area contributed by atoms with Crippen LogP contribution < -0.4 is 0 Å². The number of nitrogens with zero attached hydrogens (tertiary/aromatic N) is 4. The van der Waals surface area contributed by atoms with E-state index in [1.807, 2.05) is 31.3 Å². The quantitative estimate of drug-likeness (QED) is 0.810. The molecule has 0 amide bonds. The number of hydrogen-bond acceptors (Lipinski definition) is 4. The smallest absolute Gasteiger partial charge is 0.191 e. The van der Waals surface area contributed by atoms with Crippen LogP contribution >= 0.6 is 23.4 Å². The molecular weight excluding hydrogens is 304 g/mol. The molecule has 2 aromatic rings. The van der Waals surface area contributed by atoms with Crippen molar-refractivity contribution in [2.75, 3.05) is 25.9 Å². The molecule has 1 aromatic heterocycles. The van der Waals surface area contributed by atoms with Gasteiger partial charge in [0.05, 0.1) is 0 Å². The van der Waals surface area contributed by atoms with Crippen LogP contribution in [0.5, 0.6) is 0 Å². The first-order valence-corrected chi connectivity index (χ1v) is 8.46. The Balaban J connectivity index is 1.69. The summed E-state index contributed by atoms with van der Waals surface area (Å²) in [6.07, 6.45) is 1.28. The standard InChI is InChI=1S/C15H19ClN4S/c1-19-8-7-11(9-19)10-21-15-18-17-14(20(15)2)12-3-5-13(16)6-4-12/h3-6,11H,7-10H2,1-2H3/t11-/m1/s1. The van der Waals surface area contributed by atoms with Crippen molar-refractivity contribution in [2.24, 2.45) is 13.0 Å². The third-order valence-electron chi connectivity index (χ3n) is 3.87. The van der Waals surface area contributed by atoms with E-state index >= 15 is 0 Å². The first kappa shape index (κ1) is 14.9. The zero-order valence-corrected chi connectivity index (χ0v) is 13.9. The second kappa shape index (κ2) is 6.38. The third-order valence-corrected chi connectivity index (χ3v) is 5.38. The van der Waals surface area contributed by atoms with Crippen LogP contribution in [0.1, 0.15) is 6.42 Å². The van der Waals surface area contributed by atoms with Gasteiger partial charge < -0.3 is 9.47 Å². The molecular formula is C15H19ClN4S. The molecule has 1 atom stereocenters. The Hall–Kier alpha value is -1.04. The molecule has 0 saturated carbocycles. The Labute approximate surface area is 134 Å². The minimum Gasteiger partial charge on any atom is -0.306 e. The van der Waals surface area contributed by atoms with Gasteiger partial charge in [-0.3, -0.25) is 0 Å². The highest BCUT2D eigenvalue weighted by atomic mass is 35.5. The molecule has 1 aliphatic heterocycles. The van der Waals surface area contributed by atoms with Crippen LogP contribution in [0.2, 0.25) is 5.02 Å². The molecule has 0 aliphatic carbocycles. The second-order valence-corrected chi connectivity index (χ2v) is 7.02. The Morgan fingerprint density at radius 2 is 2.00 bits per heavy atom. The molecule has 21 heavy (non-hydrogen) atoms. The van der Waals surface area contributed by atoms with Crippen molar-refractivity contribution in [3.05, 3.63) is 29.3 Å². The lowest BCUT2D eigenvalue weighted by Gasteiger charge is -2.09. The van der Waals surface area contributed by atoms with Crippen LogP contribution in [-0.4, -0.2) is 45.6 Å². The summed E-state index contributed by atoms with van der Waals surface area (Å²) in [5.41, 5.74) is 1.04. The van der Waals surface area contributed by atoms with Crippen LogP contribution in [0, 0.1) is 5.92 Å². The number of aromatic nitrogens is 3. The maximum atomic E-state index is 5.93. The van der Waals surface area contributed by atoms with E-state index in [2.05, 4.69) is 26.7 Å².